The van der Waals surface area contributed by atoms with E-state index in [1.165, 1.54) is 10.8 Å². The topological polar surface area (TPSA) is 18.8 Å². The van der Waals surface area contributed by atoms with Gasteiger partial charge in [0, 0.05) is 26.2 Å². The number of benzene rings is 2. The Bertz CT molecular complexity index is 583. The number of hydrazone groups is 1. The summed E-state index contributed by atoms with van der Waals surface area (Å²) < 4.78 is 0. The molecular formula is C16H19N3. The highest BCUT2D eigenvalue weighted by Crippen LogP contribution is 2.14. The van der Waals surface area contributed by atoms with Crippen LogP contribution in [0.15, 0.2) is 47.6 Å². The molecule has 0 spiro atoms. The molecule has 1 aliphatic heterocycles. The zero-order valence-electron chi connectivity index (χ0n) is 11.3. The largest absolute Gasteiger partial charge is 0.303 e. The number of hydrogen-bond donors (Lipinski definition) is 0. The van der Waals surface area contributed by atoms with Gasteiger partial charge in [-0.05, 0) is 29.4 Å². The molecule has 0 unspecified atom stereocenters. The van der Waals surface area contributed by atoms with E-state index >= 15 is 0 Å². The maximum Gasteiger partial charge on any atom is 0.0543 e. The number of likely N-dealkylation sites (N-methyl/N-ethyl adjacent to an activating group) is 1. The van der Waals surface area contributed by atoms with E-state index in [-0.39, 0.29) is 0 Å². The fourth-order valence-electron chi connectivity index (χ4n) is 2.35. The van der Waals surface area contributed by atoms with Crippen LogP contribution >= 0.6 is 0 Å². The highest BCUT2D eigenvalue weighted by Gasteiger charge is 2.10. The Labute approximate surface area is 114 Å². The van der Waals surface area contributed by atoms with Gasteiger partial charge in [0.1, 0.15) is 0 Å². The van der Waals surface area contributed by atoms with E-state index in [0.29, 0.717) is 0 Å². The van der Waals surface area contributed by atoms with Gasteiger partial charge in [0.25, 0.3) is 0 Å². The van der Waals surface area contributed by atoms with Crippen LogP contribution in [-0.2, 0) is 0 Å². The highest BCUT2D eigenvalue weighted by atomic mass is 15.5. The molecule has 0 amide bonds. The smallest absolute Gasteiger partial charge is 0.0543 e. The maximum atomic E-state index is 4.58. The van der Waals surface area contributed by atoms with Crippen molar-refractivity contribution >= 4 is 17.0 Å². The Hall–Kier alpha value is -1.87. The molecule has 0 saturated carbocycles. The Kier molecular flexibility index (Phi) is 3.47. The third-order valence-electron chi connectivity index (χ3n) is 3.62. The number of fused-ring (bicyclic) bond motifs is 1. The van der Waals surface area contributed by atoms with Gasteiger partial charge in [-0.15, -0.1) is 0 Å². The summed E-state index contributed by atoms with van der Waals surface area (Å²) in [7, 11) is 2.16. The van der Waals surface area contributed by atoms with Crippen molar-refractivity contribution in [1.82, 2.24) is 9.91 Å². The fraction of sp³-hybridized carbons (Fsp3) is 0.312. The Balaban J connectivity index is 1.74. The Morgan fingerprint density at radius 3 is 2.47 bits per heavy atom. The van der Waals surface area contributed by atoms with Crippen LogP contribution in [0.1, 0.15) is 5.56 Å². The first-order valence-corrected chi connectivity index (χ1v) is 6.77. The van der Waals surface area contributed by atoms with Crippen molar-refractivity contribution in [2.24, 2.45) is 5.10 Å². The molecule has 3 heteroatoms. The van der Waals surface area contributed by atoms with E-state index in [0.717, 1.165) is 31.7 Å². The second kappa shape index (κ2) is 5.41. The van der Waals surface area contributed by atoms with Crippen molar-refractivity contribution in [3.05, 3.63) is 48.0 Å². The van der Waals surface area contributed by atoms with E-state index in [2.05, 4.69) is 64.5 Å². The van der Waals surface area contributed by atoms with Gasteiger partial charge in [0.05, 0.1) is 6.21 Å². The molecule has 1 saturated heterocycles. The second-order valence-corrected chi connectivity index (χ2v) is 5.11. The second-order valence-electron chi connectivity index (χ2n) is 5.11. The summed E-state index contributed by atoms with van der Waals surface area (Å²) in [6.07, 6.45) is 1.97. The van der Waals surface area contributed by atoms with E-state index in [4.69, 9.17) is 0 Å². The molecule has 0 atom stereocenters. The average molecular weight is 253 g/mol. The number of piperazine rings is 1. The van der Waals surface area contributed by atoms with Crippen LogP contribution in [0, 0.1) is 0 Å². The van der Waals surface area contributed by atoms with Gasteiger partial charge in [-0.3, -0.25) is 5.01 Å². The van der Waals surface area contributed by atoms with Gasteiger partial charge < -0.3 is 4.90 Å². The van der Waals surface area contributed by atoms with Crippen LogP contribution in [0.25, 0.3) is 10.8 Å². The van der Waals surface area contributed by atoms with Crippen molar-refractivity contribution in [3.63, 3.8) is 0 Å². The summed E-state index contributed by atoms with van der Waals surface area (Å²) in [5, 5.41) is 9.27. The van der Waals surface area contributed by atoms with Crippen LogP contribution in [0.5, 0.6) is 0 Å². The Morgan fingerprint density at radius 2 is 1.68 bits per heavy atom. The van der Waals surface area contributed by atoms with Crippen LogP contribution in [0.4, 0.5) is 0 Å². The minimum Gasteiger partial charge on any atom is -0.303 e. The highest BCUT2D eigenvalue weighted by molar-refractivity contribution is 5.90. The van der Waals surface area contributed by atoms with Crippen LogP contribution < -0.4 is 0 Å². The SMILES string of the molecule is CN1CCN(/N=C\c2ccc3ccccc3c2)CC1. The van der Waals surface area contributed by atoms with Crippen molar-refractivity contribution in [2.45, 2.75) is 0 Å². The molecule has 1 heterocycles. The van der Waals surface area contributed by atoms with Gasteiger partial charge in [-0.2, -0.15) is 5.10 Å². The Morgan fingerprint density at radius 1 is 0.947 bits per heavy atom. The van der Waals surface area contributed by atoms with Crippen LogP contribution in [0.2, 0.25) is 0 Å². The lowest BCUT2D eigenvalue weighted by Gasteiger charge is -2.30. The first-order chi connectivity index (χ1) is 9.31. The minimum atomic E-state index is 1.01. The summed E-state index contributed by atoms with van der Waals surface area (Å²) in [5.41, 5.74) is 1.16. The van der Waals surface area contributed by atoms with Gasteiger partial charge in [-0.1, -0.05) is 36.4 Å². The van der Waals surface area contributed by atoms with Crippen LogP contribution in [-0.4, -0.2) is 49.4 Å². The molecule has 1 aliphatic rings. The summed E-state index contributed by atoms with van der Waals surface area (Å²) in [6.45, 7) is 4.21. The monoisotopic (exact) mass is 253 g/mol. The lowest BCUT2D eigenvalue weighted by atomic mass is 10.1. The zero-order valence-corrected chi connectivity index (χ0v) is 11.3. The maximum absolute atomic E-state index is 4.58. The van der Waals surface area contributed by atoms with Crippen molar-refractivity contribution in [1.29, 1.82) is 0 Å². The van der Waals surface area contributed by atoms with E-state index < -0.39 is 0 Å². The molecule has 98 valence electrons. The third-order valence-corrected chi connectivity index (χ3v) is 3.62. The van der Waals surface area contributed by atoms with Crippen molar-refractivity contribution in [2.75, 3.05) is 33.2 Å². The van der Waals surface area contributed by atoms with E-state index in [1.54, 1.807) is 0 Å². The number of rotatable bonds is 2. The predicted octanol–water partition coefficient (Wildman–Crippen LogP) is 2.42. The van der Waals surface area contributed by atoms with Crippen molar-refractivity contribution < 1.29 is 0 Å². The molecular weight excluding hydrogens is 234 g/mol. The van der Waals surface area contributed by atoms with Crippen molar-refractivity contribution in [3.8, 4) is 0 Å². The number of nitrogens with zero attached hydrogens (tertiary/aromatic N) is 3. The summed E-state index contributed by atoms with van der Waals surface area (Å²) in [4.78, 5) is 2.34. The summed E-state index contributed by atoms with van der Waals surface area (Å²) >= 11 is 0. The molecule has 0 radical (unpaired) electrons. The third kappa shape index (κ3) is 2.93. The summed E-state index contributed by atoms with van der Waals surface area (Å²) in [5.74, 6) is 0. The quantitative estimate of drug-likeness (QED) is 0.765. The molecule has 3 rings (SSSR count). The van der Waals surface area contributed by atoms with E-state index in [9.17, 15) is 0 Å². The molecule has 0 aliphatic carbocycles. The average Bonchev–Trinajstić information content (AvgIpc) is 2.46. The minimum absolute atomic E-state index is 1.01. The van der Waals surface area contributed by atoms with Gasteiger partial charge in [-0.25, -0.2) is 0 Å². The first-order valence-electron chi connectivity index (χ1n) is 6.77. The number of hydrogen-bond acceptors (Lipinski definition) is 3. The lowest BCUT2D eigenvalue weighted by Crippen LogP contribution is -2.41. The fourth-order valence-corrected chi connectivity index (χ4v) is 2.35. The molecule has 3 nitrogen and oxygen atoms in total. The molecule has 2 aromatic carbocycles. The van der Waals surface area contributed by atoms with Gasteiger partial charge in [0.2, 0.25) is 0 Å². The van der Waals surface area contributed by atoms with Crippen LogP contribution in [0.3, 0.4) is 0 Å². The molecule has 0 bridgehead atoms. The molecule has 0 N–H and O–H groups in total. The standard InChI is InChI=1S/C16H19N3/c1-18-8-10-19(11-9-18)17-13-14-6-7-15-4-2-3-5-16(15)12-14/h2-7,12-13H,8-11H2,1H3/b17-13-. The molecule has 2 aromatic rings. The predicted molar refractivity (Wildman–Crippen MR) is 80.6 cm³/mol. The van der Waals surface area contributed by atoms with E-state index in [1.807, 2.05) is 6.21 Å². The molecule has 19 heavy (non-hydrogen) atoms. The zero-order chi connectivity index (χ0) is 13.1. The van der Waals surface area contributed by atoms with Gasteiger partial charge in [0.15, 0.2) is 0 Å². The molecule has 0 aromatic heterocycles. The first kappa shape index (κ1) is 12.2. The lowest BCUT2D eigenvalue weighted by molar-refractivity contribution is 0.159. The molecule has 1 fully saturated rings. The normalized spacial score (nSPS) is 17.4. The van der Waals surface area contributed by atoms with Gasteiger partial charge >= 0.3 is 0 Å². The summed E-state index contributed by atoms with van der Waals surface area (Å²) in [6, 6.07) is 14.9.